The van der Waals surface area contributed by atoms with Crippen LogP contribution in [0, 0.1) is 0 Å². The molecule has 26 heavy (non-hydrogen) atoms. The first kappa shape index (κ1) is 19.9. The van der Waals surface area contributed by atoms with E-state index in [4.69, 9.17) is 16.3 Å². The third-order valence-electron chi connectivity index (χ3n) is 3.62. The van der Waals surface area contributed by atoms with Crippen molar-refractivity contribution in [2.24, 2.45) is 0 Å². The van der Waals surface area contributed by atoms with Crippen molar-refractivity contribution in [3.8, 4) is 0 Å². The molecule has 2 aromatic rings. The minimum atomic E-state index is -0.375. The van der Waals surface area contributed by atoms with Crippen LogP contribution in [0.2, 0.25) is 5.02 Å². The topological polar surface area (TPSA) is 67.4 Å². The van der Waals surface area contributed by atoms with E-state index in [-0.39, 0.29) is 24.5 Å². The van der Waals surface area contributed by atoms with Gasteiger partial charge in [0.25, 0.3) is 5.91 Å². The van der Waals surface area contributed by atoms with E-state index in [1.54, 1.807) is 24.3 Å². The molecule has 2 rings (SSSR count). The Kier molecular flexibility index (Phi) is 7.63. The monoisotopic (exact) mass is 374 g/mol. The van der Waals surface area contributed by atoms with Crippen molar-refractivity contribution in [1.29, 1.82) is 0 Å². The van der Waals surface area contributed by atoms with Gasteiger partial charge >= 0.3 is 0 Å². The summed E-state index contributed by atoms with van der Waals surface area (Å²) in [6, 6.07) is 14.5. The Morgan fingerprint density at radius 1 is 1.00 bits per heavy atom. The van der Waals surface area contributed by atoms with E-state index in [1.807, 2.05) is 38.1 Å². The molecule has 2 amide bonds. The molecular formula is C20H23ClN2O3. The normalized spacial score (nSPS) is 10.6. The molecule has 6 heteroatoms. The predicted molar refractivity (Wildman–Crippen MR) is 102 cm³/mol. The summed E-state index contributed by atoms with van der Waals surface area (Å²) in [5.74, 6) is -0.641. The maximum Gasteiger partial charge on any atom is 0.253 e. The van der Waals surface area contributed by atoms with Gasteiger partial charge in [-0.25, -0.2) is 0 Å². The van der Waals surface area contributed by atoms with Crippen molar-refractivity contribution in [2.45, 2.75) is 33.1 Å². The van der Waals surface area contributed by atoms with Crippen LogP contribution >= 0.6 is 11.6 Å². The SMILES string of the molecule is CC(C)OCc1ccc(CNC(=O)CNC(=O)c2ccccc2Cl)cc1. The van der Waals surface area contributed by atoms with E-state index >= 15 is 0 Å². The molecule has 0 aliphatic rings. The highest BCUT2D eigenvalue weighted by Gasteiger charge is 2.10. The minimum absolute atomic E-state index is 0.107. The molecule has 0 heterocycles. The number of halogens is 1. The maximum absolute atomic E-state index is 12.0. The van der Waals surface area contributed by atoms with E-state index in [0.717, 1.165) is 11.1 Å². The molecule has 0 bridgehead atoms. The second-order valence-electron chi connectivity index (χ2n) is 6.12. The summed E-state index contributed by atoms with van der Waals surface area (Å²) in [6.07, 6.45) is 0.190. The molecule has 2 aromatic carbocycles. The molecule has 0 unspecified atom stereocenters. The lowest BCUT2D eigenvalue weighted by Crippen LogP contribution is -2.36. The third-order valence-corrected chi connectivity index (χ3v) is 3.95. The molecule has 5 nitrogen and oxygen atoms in total. The van der Waals surface area contributed by atoms with Crippen molar-refractivity contribution in [3.05, 3.63) is 70.2 Å². The fourth-order valence-electron chi connectivity index (χ4n) is 2.18. The number of carbonyl (C=O) groups excluding carboxylic acids is 2. The lowest BCUT2D eigenvalue weighted by molar-refractivity contribution is -0.120. The maximum atomic E-state index is 12.0. The molecule has 2 N–H and O–H groups in total. The quantitative estimate of drug-likeness (QED) is 0.744. The van der Waals surface area contributed by atoms with Gasteiger partial charge < -0.3 is 15.4 Å². The highest BCUT2D eigenvalue weighted by molar-refractivity contribution is 6.33. The van der Waals surface area contributed by atoms with Crippen molar-refractivity contribution in [1.82, 2.24) is 10.6 Å². The van der Waals surface area contributed by atoms with Crippen LogP contribution < -0.4 is 10.6 Å². The summed E-state index contributed by atoms with van der Waals surface area (Å²) in [5, 5.41) is 5.69. The van der Waals surface area contributed by atoms with Gasteiger partial charge in [0.15, 0.2) is 0 Å². The largest absolute Gasteiger partial charge is 0.374 e. The van der Waals surface area contributed by atoms with Crippen LogP contribution in [0.3, 0.4) is 0 Å². The number of ether oxygens (including phenoxy) is 1. The number of hydrogen-bond acceptors (Lipinski definition) is 3. The first-order valence-corrected chi connectivity index (χ1v) is 8.82. The zero-order valence-corrected chi connectivity index (χ0v) is 15.7. The number of rotatable bonds is 8. The molecule has 0 aliphatic heterocycles. The second kappa shape index (κ2) is 9.94. The Labute approximate surface area is 158 Å². The van der Waals surface area contributed by atoms with Gasteiger partial charge in [-0.2, -0.15) is 0 Å². The Bertz CT molecular complexity index is 745. The molecule has 0 spiro atoms. The van der Waals surface area contributed by atoms with Crippen molar-refractivity contribution in [3.63, 3.8) is 0 Å². The first-order valence-electron chi connectivity index (χ1n) is 8.44. The van der Waals surface area contributed by atoms with Gasteiger partial charge in [-0.3, -0.25) is 9.59 Å². The van der Waals surface area contributed by atoms with Crippen LogP contribution in [0.5, 0.6) is 0 Å². The highest BCUT2D eigenvalue weighted by atomic mass is 35.5. The van der Waals surface area contributed by atoms with Crippen LogP contribution in [0.25, 0.3) is 0 Å². The van der Waals surface area contributed by atoms with Crippen LogP contribution in [-0.2, 0) is 22.7 Å². The summed E-state index contributed by atoms with van der Waals surface area (Å²) in [6.45, 7) is 4.84. The van der Waals surface area contributed by atoms with E-state index < -0.39 is 0 Å². The van der Waals surface area contributed by atoms with Gasteiger partial charge in [-0.05, 0) is 37.1 Å². The average molecular weight is 375 g/mol. The van der Waals surface area contributed by atoms with Gasteiger partial charge in [0, 0.05) is 6.54 Å². The van der Waals surface area contributed by atoms with E-state index in [2.05, 4.69) is 10.6 Å². The molecule has 0 saturated carbocycles. The van der Waals surface area contributed by atoms with E-state index in [0.29, 0.717) is 23.7 Å². The lowest BCUT2D eigenvalue weighted by atomic mass is 10.1. The molecule has 0 fully saturated rings. The van der Waals surface area contributed by atoms with Crippen molar-refractivity contribution >= 4 is 23.4 Å². The van der Waals surface area contributed by atoms with Crippen LogP contribution in [0.15, 0.2) is 48.5 Å². The molecule has 0 aliphatic carbocycles. The standard InChI is InChI=1S/C20H23ClN2O3/c1-14(2)26-13-16-9-7-15(8-10-16)11-22-19(24)12-23-20(25)17-5-3-4-6-18(17)21/h3-10,14H,11-13H2,1-2H3,(H,22,24)(H,23,25). The predicted octanol–water partition coefficient (Wildman–Crippen LogP) is 3.31. The fraction of sp³-hybridized carbons (Fsp3) is 0.300. The number of carbonyl (C=O) groups is 2. The molecule has 0 aromatic heterocycles. The lowest BCUT2D eigenvalue weighted by Gasteiger charge is -2.10. The zero-order chi connectivity index (χ0) is 18.9. The zero-order valence-electron chi connectivity index (χ0n) is 14.9. The summed E-state index contributed by atoms with van der Waals surface area (Å²) >= 11 is 5.96. The Balaban J connectivity index is 1.75. The number of benzene rings is 2. The minimum Gasteiger partial charge on any atom is -0.374 e. The van der Waals surface area contributed by atoms with Gasteiger partial charge in [0.2, 0.25) is 5.91 Å². The summed E-state index contributed by atoms with van der Waals surface area (Å²) in [7, 11) is 0. The molecule has 0 saturated heterocycles. The van der Waals surface area contributed by atoms with Crippen molar-refractivity contribution in [2.75, 3.05) is 6.54 Å². The van der Waals surface area contributed by atoms with Crippen LogP contribution in [-0.4, -0.2) is 24.5 Å². The molecular weight excluding hydrogens is 352 g/mol. The average Bonchev–Trinajstić information content (AvgIpc) is 2.64. The van der Waals surface area contributed by atoms with Crippen LogP contribution in [0.4, 0.5) is 0 Å². The van der Waals surface area contributed by atoms with Gasteiger partial charge in [-0.1, -0.05) is 48.0 Å². The van der Waals surface area contributed by atoms with Gasteiger partial charge in [-0.15, -0.1) is 0 Å². The number of hydrogen-bond donors (Lipinski definition) is 2. The Morgan fingerprint density at radius 2 is 1.65 bits per heavy atom. The smallest absolute Gasteiger partial charge is 0.253 e. The Hall–Kier alpha value is -2.37. The van der Waals surface area contributed by atoms with Gasteiger partial charge in [0.1, 0.15) is 0 Å². The van der Waals surface area contributed by atoms with Gasteiger partial charge in [0.05, 0.1) is 29.8 Å². The second-order valence-corrected chi connectivity index (χ2v) is 6.52. The van der Waals surface area contributed by atoms with Crippen LogP contribution in [0.1, 0.15) is 35.3 Å². The highest BCUT2D eigenvalue weighted by Crippen LogP contribution is 2.14. The summed E-state index contributed by atoms with van der Waals surface area (Å²) in [4.78, 5) is 23.9. The molecule has 138 valence electrons. The number of amides is 2. The van der Waals surface area contributed by atoms with E-state index in [1.165, 1.54) is 0 Å². The first-order chi connectivity index (χ1) is 12.5. The fourth-order valence-corrected chi connectivity index (χ4v) is 2.40. The molecule has 0 radical (unpaired) electrons. The summed E-state index contributed by atoms with van der Waals surface area (Å²) in [5.41, 5.74) is 2.41. The Morgan fingerprint density at radius 3 is 2.31 bits per heavy atom. The molecule has 0 atom stereocenters. The third kappa shape index (κ3) is 6.50. The van der Waals surface area contributed by atoms with E-state index in [9.17, 15) is 9.59 Å². The summed E-state index contributed by atoms with van der Waals surface area (Å²) < 4.78 is 5.55. The number of nitrogens with one attached hydrogen (secondary N) is 2. The van der Waals surface area contributed by atoms with Crippen molar-refractivity contribution < 1.29 is 14.3 Å².